The first-order chi connectivity index (χ1) is 12.3. The maximum atomic E-state index is 12.2. The molecule has 1 N–H and O–H groups in total. The van der Waals surface area contributed by atoms with Crippen molar-refractivity contribution in [2.75, 3.05) is 11.9 Å². The van der Waals surface area contributed by atoms with Gasteiger partial charge in [0.15, 0.2) is 0 Å². The molecule has 0 saturated carbocycles. The average molecular weight is 368 g/mol. The number of nitrogens with zero attached hydrogens (tertiary/aromatic N) is 4. The Morgan fingerprint density at radius 1 is 1.15 bits per heavy atom. The molecule has 4 rings (SSSR count). The largest absolute Gasteiger partial charge is 0.506 e. The highest BCUT2D eigenvalue weighted by Gasteiger charge is 2.23. The summed E-state index contributed by atoms with van der Waals surface area (Å²) in [7, 11) is 1.91. The van der Waals surface area contributed by atoms with Crippen LogP contribution >= 0.6 is 11.3 Å². The molecule has 7 heteroatoms. The summed E-state index contributed by atoms with van der Waals surface area (Å²) < 4.78 is 3.43. The zero-order valence-corrected chi connectivity index (χ0v) is 15.9. The molecule has 0 bridgehead atoms. The number of aromatic hydroxyl groups is 1. The highest BCUT2D eigenvalue weighted by molar-refractivity contribution is 7.20. The lowest BCUT2D eigenvalue weighted by atomic mass is 10.1. The number of rotatable bonds is 2. The molecule has 2 aromatic carbocycles. The van der Waals surface area contributed by atoms with Crippen molar-refractivity contribution in [1.29, 1.82) is 0 Å². The van der Waals surface area contributed by atoms with Gasteiger partial charge in [0, 0.05) is 12.4 Å². The van der Waals surface area contributed by atoms with Crippen LogP contribution in [0.3, 0.4) is 0 Å². The number of aromatic nitrogens is 3. The molecule has 0 aliphatic heterocycles. The SMILES string of the molecule is CN(c1cn2c(nc(=O)n2C(C)(C)C)s1)c1c(O)ccc2ccccc12. The van der Waals surface area contributed by atoms with Crippen LogP contribution in [-0.2, 0) is 5.54 Å². The zero-order chi connectivity index (χ0) is 18.6. The lowest BCUT2D eigenvalue weighted by Gasteiger charge is -2.21. The Balaban J connectivity index is 1.90. The zero-order valence-electron chi connectivity index (χ0n) is 15.1. The second-order valence-electron chi connectivity index (χ2n) is 7.29. The van der Waals surface area contributed by atoms with Crippen LogP contribution in [0.5, 0.6) is 5.75 Å². The van der Waals surface area contributed by atoms with E-state index in [1.54, 1.807) is 15.3 Å². The molecule has 0 unspecified atom stereocenters. The van der Waals surface area contributed by atoms with Gasteiger partial charge >= 0.3 is 5.69 Å². The molecule has 4 aromatic rings. The molecule has 2 aromatic heterocycles. The molecule has 2 heterocycles. The van der Waals surface area contributed by atoms with Crippen molar-refractivity contribution in [3.05, 3.63) is 53.1 Å². The van der Waals surface area contributed by atoms with Gasteiger partial charge in [-0.3, -0.25) is 0 Å². The fourth-order valence-corrected chi connectivity index (χ4v) is 4.16. The molecule has 6 nitrogen and oxygen atoms in total. The fourth-order valence-electron chi connectivity index (χ4n) is 3.24. The normalized spacial score (nSPS) is 12.2. The van der Waals surface area contributed by atoms with Gasteiger partial charge < -0.3 is 10.0 Å². The van der Waals surface area contributed by atoms with Gasteiger partial charge in [-0.1, -0.05) is 41.7 Å². The molecule has 0 fully saturated rings. The van der Waals surface area contributed by atoms with Crippen LogP contribution < -0.4 is 10.6 Å². The predicted octanol–water partition coefficient (Wildman–Crippen LogP) is 3.94. The van der Waals surface area contributed by atoms with Crippen molar-refractivity contribution >= 4 is 37.8 Å². The third-order valence-electron chi connectivity index (χ3n) is 4.39. The number of phenols is 1. The van der Waals surface area contributed by atoms with E-state index in [0.29, 0.717) is 4.96 Å². The Morgan fingerprint density at radius 3 is 2.62 bits per heavy atom. The number of hydrogen-bond donors (Lipinski definition) is 1. The fraction of sp³-hybridized carbons (Fsp3) is 0.263. The summed E-state index contributed by atoms with van der Waals surface area (Å²) in [6, 6.07) is 11.6. The number of anilines is 2. The van der Waals surface area contributed by atoms with Gasteiger partial charge in [-0.15, -0.1) is 0 Å². The van der Waals surface area contributed by atoms with Crippen molar-refractivity contribution < 1.29 is 5.11 Å². The van der Waals surface area contributed by atoms with Gasteiger partial charge in [0.2, 0.25) is 4.96 Å². The van der Waals surface area contributed by atoms with Crippen LogP contribution in [0.1, 0.15) is 20.8 Å². The third kappa shape index (κ3) is 2.47. The topological polar surface area (TPSA) is 62.8 Å². The maximum Gasteiger partial charge on any atom is 0.365 e. The highest BCUT2D eigenvalue weighted by atomic mass is 32.1. The van der Waals surface area contributed by atoms with Gasteiger partial charge in [-0.25, -0.2) is 14.0 Å². The second-order valence-corrected chi connectivity index (χ2v) is 8.27. The first kappa shape index (κ1) is 16.7. The quantitative estimate of drug-likeness (QED) is 0.582. The molecule has 0 atom stereocenters. The van der Waals surface area contributed by atoms with Crippen molar-refractivity contribution in [2.24, 2.45) is 0 Å². The van der Waals surface area contributed by atoms with E-state index in [2.05, 4.69) is 4.98 Å². The summed E-state index contributed by atoms with van der Waals surface area (Å²) in [6.07, 6.45) is 1.89. The van der Waals surface area contributed by atoms with Gasteiger partial charge in [0.05, 0.1) is 17.4 Å². The Kier molecular flexibility index (Phi) is 3.59. The molecular weight excluding hydrogens is 348 g/mol. The smallest absolute Gasteiger partial charge is 0.365 e. The van der Waals surface area contributed by atoms with Crippen LogP contribution in [-0.4, -0.2) is 26.3 Å². The maximum absolute atomic E-state index is 12.2. The Bertz CT molecular complexity index is 1180. The molecule has 0 aliphatic rings. The van der Waals surface area contributed by atoms with E-state index in [9.17, 15) is 9.90 Å². The first-order valence-electron chi connectivity index (χ1n) is 8.33. The molecule has 0 aliphatic carbocycles. The predicted molar refractivity (Wildman–Crippen MR) is 106 cm³/mol. The van der Waals surface area contributed by atoms with E-state index >= 15 is 0 Å². The molecular formula is C19H20N4O2S. The summed E-state index contributed by atoms with van der Waals surface area (Å²) >= 11 is 1.41. The van der Waals surface area contributed by atoms with Gasteiger partial charge in [0.25, 0.3) is 0 Å². The average Bonchev–Trinajstić information content (AvgIpc) is 3.09. The summed E-state index contributed by atoms with van der Waals surface area (Å²) in [5.41, 5.74) is 0.0952. The minimum Gasteiger partial charge on any atom is -0.506 e. The monoisotopic (exact) mass is 368 g/mol. The standard InChI is InChI=1S/C19H20N4O2S/c1-19(2,3)23-17(25)20-18-22(23)11-15(26-18)21(4)16-13-8-6-5-7-12(13)9-10-14(16)24/h5-11,24H,1-4H3. The summed E-state index contributed by atoms with van der Waals surface area (Å²) in [6.45, 7) is 5.92. The molecule has 0 saturated heterocycles. The van der Waals surface area contributed by atoms with E-state index in [0.717, 1.165) is 21.5 Å². The Hall–Kier alpha value is -2.80. The number of fused-ring (bicyclic) bond motifs is 2. The molecule has 0 radical (unpaired) electrons. The van der Waals surface area contributed by atoms with E-state index in [-0.39, 0.29) is 17.0 Å². The first-order valence-corrected chi connectivity index (χ1v) is 9.15. The summed E-state index contributed by atoms with van der Waals surface area (Å²) in [5, 5.41) is 13.4. The van der Waals surface area contributed by atoms with Crippen molar-refractivity contribution in [3.8, 4) is 5.75 Å². The number of hydrogen-bond acceptors (Lipinski definition) is 5. The summed E-state index contributed by atoms with van der Waals surface area (Å²) in [4.78, 5) is 18.9. The second kappa shape index (κ2) is 5.60. The Labute approximate surface area is 154 Å². The van der Waals surface area contributed by atoms with Crippen LogP contribution in [0.4, 0.5) is 10.7 Å². The van der Waals surface area contributed by atoms with E-state index in [1.165, 1.54) is 11.3 Å². The van der Waals surface area contributed by atoms with Crippen LogP contribution in [0.25, 0.3) is 15.7 Å². The minimum absolute atomic E-state index is 0.213. The van der Waals surface area contributed by atoms with Crippen LogP contribution in [0.15, 0.2) is 47.4 Å². The number of thiazole rings is 1. The molecule has 0 spiro atoms. The van der Waals surface area contributed by atoms with E-state index < -0.39 is 0 Å². The molecule has 26 heavy (non-hydrogen) atoms. The van der Waals surface area contributed by atoms with E-state index in [4.69, 9.17) is 0 Å². The number of benzene rings is 2. The molecule has 134 valence electrons. The van der Waals surface area contributed by atoms with Crippen LogP contribution in [0, 0.1) is 0 Å². The van der Waals surface area contributed by atoms with Gasteiger partial charge in [-0.05, 0) is 32.2 Å². The lowest BCUT2D eigenvalue weighted by Crippen LogP contribution is -2.34. The van der Waals surface area contributed by atoms with Crippen LogP contribution in [0.2, 0.25) is 0 Å². The molecule has 0 amide bonds. The van der Waals surface area contributed by atoms with E-state index in [1.807, 2.05) is 69.2 Å². The summed E-state index contributed by atoms with van der Waals surface area (Å²) in [5.74, 6) is 0.213. The van der Waals surface area contributed by atoms with Crippen molar-refractivity contribution in [3.63, 3.8) is 0 Å². The van der Waals surface area contributed by atoms with Gasteiger partial charge in [0.1, 0.15) is 10.8 Å². The Morgan fingerprint density at radius 2 is 1.88 bits per heavy atom. The minimum atomic E-state index is -0.380. The highest BCUT2D eigenvalue weighted by Crippen LogP contribution is 2.40. The van der Waals surface area contributed by atoms with Gasteiger partial charge in [-0.2, -0.15) is 4.98 Å². The van der Waals surface area contributed by atoms with Crippen molar-refractivity contribution in [1.82, 2.24) is 14.2 Å². The number of phenolic OH excluding ortho intramolecular Hbond substituents is 1. The van der Waals surface area contributed by atoms with Crippen molar-refractivity contribution in [2.45, 2.75) is 26.3 Å². The third-order valence-corrected chi connectivity index (χ3v) is 5.44. The lowest BCUT2D eigenvalue weighted by molar-refractivity contribution is 0.329.